The fraction of sp³-hybridized carbons (Fsp3) is 0.250. The van der Waals surface area contributed by atoms with Crippen molar-refractivity contribution in [1.29, 1.82) is 0 Å². The number of anilines is 1. The zero-order valence-electron chi connectivity index (χ0n) is 14.9. The van der Waals surface area contributed by atoms with Gasteiger partial charge in [0.25, 0.3) is 0 Å². The van der Waals surface area contributed by atoms with Crippen LogP contribution in [0.1, 0.15) is 23.1 Å². The van der Waals surface area contributed by atoms with E-state index in [1.807, 2.05) is 43.9 Å². The van der Waals surface area contributed by atoms with E-state index in [1.54, 1.807) is 19.1 Å². The number of hydrogen-bond donors (Lipinski definition) is 2. The SMILES string of the molecule is CCOC(=O)c1cc([C]2[CH][CH][CH][CH]2)nn1C[C@@H](O)CNc1ccccc1Cl. The molecule has 141 valence electrons. The molecule has 1 saturated carbocycles. The van der Waals surface area contributed by atoms with Crippen LogP contribution in [0.5, 0.6) is 0 Å². The molecular formula is C20H21ClN3O3. The molecule has 1 aliphatic carbocycles. The Hall–Kier alpha value is -2.05. The normalized spacial score (nSPS) is 15.7. The second-order valence-corrected chi connectivity index (χ2v) is 6.41. The lowest BCUT2D eigenvalue weighted by Gasteiger charge is -2.15. The third-order valence-corrected chi connectivity index (χ3v) is 4.34. The van der Waals surface area contributed by atoms with Crippen LogP contribution in [0.3, 0.4) is 0 Å². The van der Waals surface area contributed by atoms with Crippen molar-refractivity contribution in [1.82, 2.24) is 9.78 Å². The van der Waals surface area contributed by atoms with Crippen molar-refractivity contribution in [2.75, 3.05) is 18.5 Å². The largest absolute Gasteiger partial charge is 0.461 e. The maximum atomic E-state index is 12.3. The van der Waals surface area contributed by atoms with E-state index >= 15 is 0 Å². The highest BCUT2D eigenvalue weighted by Crippen LogP contribution is 2.30. The number of nitrogens with one attached hydrogen (secondary N) is 1. The minimum Gasteiger partial charge on any atom is -0.461 e. The van der Waals surface area contributed by atoms with Crippen LogP contribution in [0.4, 0.5) is 5.69 Å². The Balaban J connectivity index is 1.69. The van der Waals surface area contributed by atoms with Gasteiger partial charge in [0, 0.05) is 12.5 Å². The van der Waals surface area contributed by atoms with E-state index < -0.39 is 12.1 Å². The maximum Gasteiger partial charge on any atom is 0.356 e. The predicted molar refractivity (Wildman–Crippen MR) is 104 cm³/mol. The molecule has 1 aromatic carbocycles. The number of aromatic nitrogens is 2. The summed E-state index contributed by atoms with van der Waals surface area (Å²) in [7, 11) is 0. The molecule has 27 heavy (non-hydrogen) atoms. The summed E-state index contributed by atoms with van der Waals surface area (Å²) in [5.41, 5.74) is 1.71. The van der Waals surface area contributed by atoms with Gasteiger partial charge in [-0.25, -0.2) is 4.79 Å². The van der Waals surface area contributed by atoms with Crippen LogP contribution in [0.2, 0.25) is 5.02 Å². The van der Waals surface area contributed by atoms with E-state index in [9.17, 15) is 9.90 Å². The van der Waals surface area contributed by atoms with E-state index in [-0.39, 0.29) is 19.7 Å². The second kappa shape index (κ2) is 9.24. The van der Waals surface area contributed by atoms with Crippen LogP contribution in [0.25, 0.3) is 0 Å². The molecule has 0 spiro atoms. The van der Waals surface area contributed by atoms with Crippen LogP contribution >= 0.6 is 11.6 Å². The van der Waals surface area contributed by atoms with Gasteiger partial charge < -0.3 is 15.2 Å². The first-order chi connectivity index (χ1) is 13.1. The number of ether oxygens (including phenoxy) is 1. The number of carbonyl (C=O) groups excluding carboxylic acids is 1. The smallest absolute Gasteiger partial charge is 0.356 e. The van der Waals surface area contributed by atoms with Crippen molar-refractivity contribution in [2.45, 2.75) is 19.6 Å². The zero-order chi connectivity index (χ0) is 19.2. The zero-order valence-corrected chi connectivity index (χ0v) is 15.7. The van der Waals surface area contributed by atoms with Crippen molar-refractivity contribution in [2.24, 2.45) is 0 Å². The van der Waals surface area contributed by atoms with Gasteiger partial charge in [-0.05, 0) is 50.8 Å². The number of esters is 1. The highest BCUT2D eigenvalue weighted by Gasteiger charge is 2.26. The molecule has 0 bridgehead atoms. The Bertz CT molecular complexity index is 772. The Labute approximate surface area is 164 Å². The van der Waals surface area contributed by atoms with Gasteiger partial charge in [0.05, 0.1) is 35.7 Å². The first-order valence-corrected chi connectivity index (χ1v) is 9.09. The number of halogens is 1. The lowest BCUT2D eigenvalue weighted by atomic mass is 10.0. The minimum absolute atomic E-state index is 0.145. The van der Waals surface area contributed by atoms with Gasteiger partial charge in [-0.1, -0.05) is 23.7 Å². The molecule has 0 aliphatic heterocycles. The number of hydrogen-bond acceptors (Lipinski definition) is 5. The molecule has 3 rings (SSSR count). The van der Waals surface area contributed by atoms with E-state index in [1.165, 1.54) is 4.68 Å². The summed E-state index contributed by atoms with van der Waals surface area (Å²) in [6.07, 6.45) is 6.86. The van der Waals surface area contributed by atoms with Gasteiger partial charge in [-0.3, -0.25) is 4.68 Å². The fourth-order valence-corrected chi connectivity index (χ4v) is 2.91. The lowest BCUT2D eigenvalue weighted by Crippen LogP contribution is -2.27. The summed E-state index contributed by atoms with van der Waals surface area (Å²) in [4.78, 5) is 12.3. The molecule has 5 radical (unpaired) electrons. The highest BCUT2D eigenvalue weighted by atomic mass is 35.5. The average molecular weight is 387 g/mol. The quantitative estimate of drug-likeness (QED) is 0.682. The molecule has 2 N–H and O–H groups in total. The molecule has 1 fully saturated rings. The van der Waals surface area contributed by atoms with Crippen molar-refractivity contribution >= 4 is 23.3 Å². The third kappa shape index (κ3) is 5.02. The van der Waals surface area contributed by atoms with Crippen molar-refractivity contribution in [3.05, 3.63) is 78.3 Å². The van der Waals surface area contributed by atoms with Crippen LogP contribution in [0.15, 0.2) is 30.3 Å². The predicted octanol–water partition coefficient (Wildman–Crippen LogP) is 2.94. The molecule has 1 aromatic heterocycles. The third-order valence-electron chi connectivity index (χ3n) is 4.01. The molecule has 0 amide bonds. The summed E-state index contributed by atoms with van der Waals surface area (Å²) in [6.45, 7) is 2.43. The summed E-state index contributed by atoms with van der Waals surface area (Å²) in [5.74, 6) is 0.442. The number of rotatable bonds is 8. The molecule has 7 heteroatoms. The van der Waals surface area contributed by atoms with Crippen molar-refractivity contribution < 1.29 is 14.6 Å². The maximum absolute atomic E-state index is 12.3. The van der Waals surface area contributed by atoms with Gasteiger partial charge in [0.2, 0.25) is 0 Å². The minimum atomic E-state index is -0.776. The summed E-state index contributed by atoms with van der Waals surface area (Å²) < 4.78 is 6.60. The molecule has 0 saturated heterocycles. The van der Waals surface area contributed by atoms with Crippen molar-refractivity contribution in [3.8, 4) is 0 Å². The Morgan fingerprint density at radius 2 is 2.07 bits per heavy atom. The standard InChI is InChI=1S/C20H21ClN3O3/c1-2-27-20(26)19-11-18(14-7-3-4-8-14)23-24(19)13-15(25)12-22-17-10-6-5-9-16(17)21/h3-11,15,22,25H,2,12-13H2,1H3/t15-/m0/s1. The van der Waals surface area contributed by atoms with Crippen molar-refractivity contribution in [3.63, 3.8) is 0 Å². The highest BCUT2D eigenvalue weighted by molar-refractivity contribution is 6.33. The van der Waals surface area contributed by atoms with Gasteiger partial charge in [-0.15, -0.1) is 0 Å². The number of para-hydroxylation sites is 1. The fourth-order valence-electron chi connectivity index (χ4n) is 2.71. The first kappa shape index (κ1) is 19.7. The number of carbonyl (C=O) groups is 1. The van der Waals surface area contributed by atoms with Crippen LogP contribution < -0.4 is 5.32 Å². The lowest BCUT2D eigenvalue weighted by molar-refractivity contribution is 0.0507. The van der Waals surface area contributed by atoms with E-state index in [4.69, 9.17) is 16.3 Å². The van der Waals surface area contributed by atoms with Crippen LogP contribution in [-0.2, 0) is 11.3 Å². The Kier molecular flexibility index (Phi) is 6.74. The number of nitrogens with zero attached hydrogens (tertiary/aromatic N) is 2. The molecule has 1 heterocycles. The van der Waals surface area contributed by atoms with Gasteiger partial charge in [0.1, 0.15) is 5.69 Å². The summed E-state index contributed by atoms with van der Waals surface area (Å²) in [5, 5.41) is 18.6. The monoisotopic (exact) mass is 386 g/mol. The Morgan fingerprint density at radius 1 is 1.33 bits per heavy atom. The van der Waals surface area contributed by atoms with Crippen LogP contribution in [0, 0.1) is 31.6 Å². The van der Waals surface area contributed by atoms with E-state index in [2.05, 4.69) is 10.4 Å². The molecule has 1 atom stereocenters. The molecule has 2 aromatic rings. The molecule has 1 aliphatic rings. The summed E-state index contributed by atoms with van der Waals surface area (Å²) >= 11 is 6.11. The van der Waals surface area contributed by atoms with Gasteiger partial charge >= 0.3 is 5.97 Å². The average Bonchev–Trinajstić information content (AvgIpc) is 3.31. The molecule has 0 unspecified atom stereocenters. The van der Waals surface area contributed by atoms with Crippen LogP contribution in [-0.4, -0.2) is 40.1 Å². The summed E-state index contributed by atoms with van der Waals surface area (Å²) in [6, 6.07) is 8.99. The number of benzene rings is 1. The van der Waals surface area contributed by atoms with Gasteiger partial charge in [-0.2, -0.15) is 5.10 Å². The van der Waals surface area contributed by atoms with E-state index in [0.29, 0.717) is 16.4 Å². The molecular weight excluding hydrogens is 366 g/mol. The Morgan fingerprint density at radius 3 is 2.78 bits per heavy atom. The first-order valence-electron chi connectivity index (χ1n) is 8.72. The van der Waals surface area contributed by atoms with E-state index in [0.717, 1.165) is 11.6 Å². The topological polar surface area (TPSA) is 76.4 Å². The van der Waals surface area contributed by atoms with Gasteiger partial charge in [0.15, 0.2) is 0 Å². The second-order valence-electron chi connectivity index (χ2n) is 6.01. The molecule has 6 nitrogen and oxygen atoms in total. The number of aliphatic hydroxyl groups is 1. The number of aliphatic hydroxyl groups excluding tert-OH is 1.